The Morgan fingerprint density at radius 2 is 1.80 bits per heavy atom. The van der Waals surface area contributed by atoms with Gasteiger partial charge in [0, 0.05) is 49.0 Å². The third-order valence-corrected chi connectivity index (χ3v) is 9.24. The van der Waals surface area contributed by atoms with Gasteiger partial charge in [-0.1, -0.05) is 18.2 Å². The Kier molecular flexibility index (Phi) is 8.14. The maximum atomic E-state index is 15.2. The van der Waals surface area contributed by atoms with Crippen LogP contribution < -0.4 is 15.0 Å². The van der Waals surface area contributed by atoms with E-state index in [4.69, 9.17) is 4.74 Å². The minimum absolute atomic E-state index is 0.00484. The number of hydrogen-bond donors (Lipinski definition) is 1. The van der Waals surface area contributed by atoms with Gasteiger partial charge in [-0.3, -0.25) is 9.88 Å². The summed E-state index contributed by atoms with van der Waals surface area (Å²) in [6.45, 7) is 5.03. The van der Waals surface area contributed by atoms with Gasteiger partial charge in [0.25, 0.3) is 0 Å². The van der Waals surface area contributed by atoms with Crippen LogP contribution in [0.1, 0.15) is 19.3 Å². The summed E-state index contributed by atoms with van der Waals surface area (Å²) in [4.78, 5) is 40.9. The lowest BCUT2D eigenvalue weighted by Crippen LogP contribution is -2.39. The molecule has 0 unspecified atom stereocenters. The molecular formula is C33H32FN7O3S. The molecule has 2 aliphatic heterocycles. The lowest BCUT2D eigenvalue weighted by Gasteiger charge is -2.18. The number of aromatic nitrogens is 3. The van der Waals surface area contributed by atoms with E-state index in [9.17, 15) is 9.59 Å². The van der Waals surface area contributed by atoms with E-state index in [0.29, 0.717) is 18.0 Å². The summed E-state index contributed by atoms with van der Waals surface area (Å²) < 4.78 is 24.1. The molecule has 0 bridgehead atoms. The quantitative estimate of drug-likeness (QED) is 0.189. The summed E-state index contributed by atoms with van der Waals surface area (Å²) in [6.07, 6.45) is 9.23. The smallest absolute Gasteiger partial charge is 0.332 e. The number of nitrogens with zero attached hydrogens (tertiary/aromatic N) is 6. The van der Waals surface area contributed by atoms with Crippen LogP contribution in [-0.4, -0.2) is 69.1 Å². The van der Waals surface area contributed by atoms with E-state index in [1.807, 2.05) is 42.7 Å². The van der Waals surface area contributed by atoms with E-state index in [1.54, 1.807) is 18.3 Å². The largest absolute Gasteiger partial charge is 0.453 e. The molecule has 5 aromatic rings. The second-order valence-electron chi connectivity index (χ2n) is 11.1. The minimum Gasteiger partial charge on any atom is -0.453 e. The predicted octanol–water partition coefficient (Wildman–Crippen LogP) is 7.05. The van der Waals surface area contributed by atoms with Gasteiger partial charge in [-0.25, -0.2) is 23.9 Å². The first-order valence-electron chi connectivity index (χ1n) is 15.1. The number of imidazole rings is 1. The second-order valence-corrected chi connectivity index (χ2v) is 12.2. The van der Waals surface area contributed by atoms with Crippen LogP contribution in [-0.2, 0) is 6.54 Å². The SMILES string of the molecule is O=C(Nc1ccc(Oc2ccnc3cc(-c4cn(CCCN5CCCC5)cn4)sc23)c(F)c1)N1CCN(c2ccccc2)C1=O. The van der Waals surface area contributed by atoms with Crippen molar-refractivity contribution in [3.63, 3.8) is 0 Å². The van der Waals surface area contributed by atoms with Crippen molar-refractivity contribution in [3.05, 3.63) is 85.2 Å². The van der Waals surface area contributed by atoms with Crippen molar-refractivity contribution in [2.45, 2.75) is 25.8 Å². The van der Waals surface area contributed by atoms with E-state index in [-0.39, 0.29) is 18.0 Å². The number of halogens is 1. The van der Waals surface area contributed by atoms with Crippen LogP contribution >= 0.6 is 11.3 Å². The minimum atomic E-state index is -0.652. The van der Waals surface area contributed by atoms with Crippen LogP contribution in [0.15, 0.2) is 79.4 Å². The third-order valence-electron chi connectivity index (χ3n) is 8.08. The van der Waals surface area contributed by atoms with Crippen LogP contribution in [0.4, 0.5) is 25.4 Å². The fraction of sp³-hybridized carbons (Fsp3) is 0.273. The van der Waals surface area contributed by atoms with Crippen molar-refractivity contribution in [2.75, 3.05) is 42.9 Å². The number of ether oxygens (including phenoxy) is 1. The fourth-order valence-electron chi connectivity index (χ4n) is 5.76. The zero-order chi connectivity index (χ0) is 30.8. The number of thiophene rings is 1. The number of rotatable bonds is 9. The number of urea groups is 2. The molecule has 10 nitrogen and oxygen atoms in total. The second kappa shape index (κ2) is 12.7. The summed E-state index contributed by atoms with van der Waals surface area (Å²) >= 11 is 1.49. The van der Waals surface area contributed by atoms with Crippen LogP contribution in [0.2, 0.25) is 0 Å². The highest BCUT2D eigenvalue weighted by atomic mass is 32.1. The molecule has 0 aliphatic carbocycles. The molecule has 3 aromatic heterocycles. The Morgan fingerprint density at radius 1 is 0.956 bits per heavy atom. The van der Waals surface area contributed by atoms with Gasteiger partial charge in [0.15, 0.2) is 11.6 Å². The Morgan fingerprint density at radius 3 is 2.62 bits per heavy atom. The first-order valence-corrected chi connectivity index (χ1v) is 15.9. The predicted molar refractivity (Wildman–Crippen MR) is 173 cm³/mol. The van der Waals surface area contributed by atoms with E-state index in [0.717, 1.165) is 45.2 Å². The standard InChI is InChI=1S/C33H32FN7O3S/c34-25-19-23(37-32(42)41-18-17-40(33(41)43)24-7-2-1-3-8-24)9-10-28(25)44-29-11-12-35-26-20-30(45-31(26)29)27-21-39(22-36-27)16-6-15-38-13-4-5-14-38/h1-3,7-12,19-22H,4-6,13-18H2,(H,37,42). The van der Waals surface area contributed by atoms with Crippen molar-refractivity contribution in [1.29, 1.82) is 0 Å². The van der Waals surface area contributed by atoms with Gasteiger partial charge in [0.05, 0.1) is 33.7 Å². The number of para-hydroxylation sites is 1. The third kappa shape index (κ3) is 6.24. The first kappa shape index (κ1) is 28.9. The molecule has 0 atom stereocenters. The van der Waals surface area contributed by atoms with Crippen molar-refractivity contribution >= 4 is 45.0 Å². The Bertz CT molecular complexity index is 1840. The van der Waals surface area contributed by atoms with Crippen molar-refractivity contribution in [1.82, 2.24) is 24.3 Å². The monoisotopic (exact) mass is 625 g/mol. The van der Waals surface area contributed by atoms with Gasteiger partial charge >= 0.3 is 12.1 Å². The van der Waals surface area contributed by atoms with Crippen molar-refractivity contribution in [2.24, 2.45) is 0 Å². The highest BCUT2D eigenvalue weighted by Gasteiger charge is 2.34. The molecule has 7 rings (SSSR count). The van der Waals surface area contributed by atoms with E-state index < -0.39 is 17.9 Å². The number of likely N-dealkylation sites (tertiary alicyclic amines) is 1. The molecule has 0 radical (unpaired) electrons. The number of anilines is 2. The summed E-state index contributed by atoms with van der Waals surface area (Å²) in [5, 5.41) is 2.62. The highest BCUT2D eigenvalue weighted by molar-refractivity contribution is 7.22. The fourth-order valence-corrected chi connectivity index (χ4v) is 6.78. The molecule has 2 aliphatic rings. The number of benzene rings is 2. The van der Waals surface area contributed by atoms with Crippen molar-refractivity contribution in [3.8, 4) is 22.1 Å². The molecule has 2 fully saturated rings. The molecule has 0 spiro atoms. The molecule has 1 N–H and O–H groups in total. The average molecular weight is 626 g/mol. The number of hydrogen-bond acceptors (Lipinski definition) is 7. The summed E-state index contributed by atoms with van der Waals surface area (Å²) in [5.74, 6) is -0.174. The topological polar surface area (TPSA) is 95.8 Å². The molecule has 2 saturated heterocycles. The molecular weight excluding hydrogens is 593 g/mol. The molecule has 4 amide bonds. The number of imide groups is 1. The number of pyridine rings is 1. The average Bonchev–Trinajstić information content (AvgIpc) is 3.86. The number of carbonyl (C=O) groups is 2. The zero-order valence-corrected chi connectivity index (χ0v) is 25.4. The lowest BCUT2D eigenvalue weighted by atomic mass is 10.3. The normalized spacial score (nSPS) is 15.4. The number of nitrogens with one attached hydrogen (secondary N) is 1. The van der Waals surface area contributed by atoms with Gasteiger partial charge in [-0.15, -0.1) is 11.3 Å². The zero-order valence-electron chi connectivity index (χ0n) is 24.6. The summed E-state index contributed by atoms with van der Waals surface area (Å²) in [7, 11) is 0. The Hall–Kier alpha value is -4.81. The van der Waals surface area contributed by atoms with E-state index in [2.05, 4.69) is 30.9 Å². The van der Waals surface area contributed by atoms with Gasteiger partial charge < -0.3 is 19.5 Å². The Balaban J connectivity index is 1.00. The maximum Gasteiger partial charge on any atom is 0.332 e. The van der Waals surface area contributed by atoms with Crippen LogP contribution in [0.5, 0.6) is 11.5 Å². The van der Waals surface area contributed by atoms with Gasteiger partial charge in [-0.2, -0.15) is 0 Å². The highest BCUT2D eigenvalue weighted by Crippen LogP contribution is 2.39. The number of amides is 4. The lowest BCUT2D eigenvalue weighted by molar-refractivity contribution is 0.209. The van der Waals surface area contributed by atoms with Crippen LogP contribution in [0.25, 0.3) is 20.8 Å². The molecule has 230 valence electrons. The van der Waals surface area contributed by atoms with Crippen LogP contribution in [0.3, 0.4) is 0 Å². The van der Waals surface area contributed by atoms with Crippen molar-refractivity contribution < 1.29 is 18.7 Å². The van der Waals surface area contributed by atoms with Gasteiger partial charge in [-0.05, 0) is 69.2 Å². The van der Waals surface area contributed by atoms with Crippen LogP contribution in [0, 0.1) is 5.82 Å². The molecule has 2 aromatic carbocycles. The first-order chi connectivity index (χ1) is 22.0. The number of fused-ring (bicyclic) bond motifs is 1. The molecule has 0 saturated carbocycles. The van der Waals surface area contributed by atoms with E-state index in [1.165, 1.54) is 54.3 Å². The van der Waals surface area contributed by atoms with Gasteiger partial charge in [0.1, 0.15) is 5.75 Å². The number of aryl methyl sites for hydroxylation is 1. The maximum absolute atomic E-state index is 15.2. The summed E-state index contributed by atoms with van der Waals surface area (Å²) in [6, 6.07) is 15.9. The van der Waals surface area contributed by atoms with E-state index >= 15 is 4.39 Å². The molecule has 5 heterocycles. The summed E-state index contributed by atoms with van der Waals surface area (Å²) in [5.41, 5.74) is 2.52. The van der Waals surface area contributed by atoms with Gasteiger partial charge in [0.2, 0.25) is 0 Å². The Labute approximate surface area is 263 Å². The molecule has 45 heavy (non-hydrogen) atoms. The number of carbonyl (C=O) groups excluding carboxylic acids is 2. The molecule has 12 heteroatoms.